The number of furan rings is 1. The Morgan fingerprint density at radius 3 is 2.43 bits per heavy atom. The maximum Gasteiger partial charge on any atom is 0.106 e. The topological polar surface area (TPSA) is 25.2 Å². The van der Waals surface area contributed by atoms with E-state index in [4.69, 9.17) is 4.42 Å². The summed E-state index contributed by atoms with van der Waals surface area (Å²) in [7, 11) is 0. The number of hydrogen-bond donors (Lipinski definition) is 1. The minimum Gasteiger partial charge on any atom is -0.466 e. The van der Waals surface area contributed by atoms with Crippen molar-refractivity contribution >= 4 is 32.4 Å². The van der Waals surface area contributed by atoms with Crippen molar-refractivity contribution in [1.82, 2.24) is 0 Å². The normalized spacial score (nSPS) is 12.6. The SMILES string of the molecule is Cc1cc(C(C)Nc2ccc3cc(Br)ccc3c2)c(C)o1. The first-order valence-electron chi connectivity index (χ1n) is 7.06. The molecule has 3 heteroatoms. The van der Waals surface area contributed by atoms with Gasteiger partial charge in [-0.3, -0.25) is 0 Å². The summed E-state index contributed by atoms with van der Waals surface area (Å²) in [5.41, 5.74) is 2.33. The van der Waals surface area contributed by atoms with Crippen LogP contribution in [0, 0.1) is 13.8 Å². The molecule has 1 unspecified atom stereocenters. The van der Waals surface area contributed by atoms with Crippen LogP contribution in [0.2, 0.25) is 0 Å². The van der Waals surface area contributed by atoms with Gasteiger partial charge in [0.15, 0.2) is 0 Å². The quantitative estimate of drug-likeness (QED) is 0.632. The summed E-state index contributed by atoms with van der Waals surface area (Å²) in [6, 6.07) is 15.1. The highest BCUT2D eigenvalue weighted by molar-refractivity contribution is 9.10. The lowest BCUT2D eigenvalue weighted by atomic mass is 10.1. The molecule has 0 radical (unpaired) electrons. The highest BCUT2D eigenvalue weighted by Gasteiger charge is 2.12. The van der Waals surface area contributed by atoms with Gasteiger partial charge in [0.2, 0.25) is 0 Å². The highest BCUT2D eigenvalue weighted by atomic mass is 79.9. The lowest BCUT2D eigenvalue weighted by Crippen LogP contribution is -2.06. The van der Waals surface area contributed by atoms with Gasteiger partial charge in [-0.2, -0.15) is 0 Å². The molecular weight excluding hydrogens is 326 g/mol. The molecule has 3 rings (SSSR count). The predicted molar refractivity (Wildman–Crippen MR) is 91.9 cm³/mol. The van der Waals surface area contributed by atoms with Crippen molar-refractivity contribution in [2.45, 2.75) is 26.8 Å². The van der Waals surface area contributed by atoms with Gasteiger partial charge in [-0.05, 0) is 61.9 Å². The molecule has 108 valence electrons. The molecule has 3 aromatic rings. The van der Waals surface area contributed by atoms with Crippen LogP contribution in [0.3, 0.4) is 0 Å². The molecule has 0 spiro atoms. The Kier molecular flexibility index (Phi) is 3.77. The molecule has 2 nitrogen and oxygen atoms in total. The monoisotopic (exact) mass is 343 g/mol. The van der Waals surface area contributed by atoms with Crippen molar-refractivity contribution in [2.75, 3.05) is 5.32 Å². The van der Waals surface area contributed by atoms with E-state index in [9.17, 15) is 0 Å². The summed E-state index contributed by atoms with van der Waals surface area (Å²) in [4.78, 5) is 0. The molecule has 0 aliphatic heterocycles. The fourth-order valence-electron chi connectivity index (χ4n) is 2.71. The van der Waals surface area contributed by atoms with Gasteiger partial charge in [-0.25, -0.2) is 0 Å². The first-order chi connectivity index (χ1) is 10.0. The molecule has 0 amide bonds. The standard InChI is InChI=1S/C18H18BrNO/c1-11-8-18(13(3)21-11)12(2)20-17-7-5-14-9-16(19)6-4-15(14)10-17/h4-10,12,20H,1-3H3. The summed E-state index contributed by atoms with van der Waals surface area (Å²) < 4.78 is 6.72. The van der Waals surface area contributed by atoms with Crippen LogP contribution in [0.4, 0.5) is 5.69 Å². The summed E-state index contributed by atoms with van der Waals surface area (Å²) >= 11 is 3.51. The van der Waals surface area contributed by atoms with Crippen LogP contribution in [-0.2, 0) is 0 Å². The van der Waals surface area contributed by atoms with E-state index in [-0.39, 0.29) is 6.04 Å². The maximum atomic E-state index is 5.61. The van der Waals surface area contributed by atoms with Crippen molar-refractivity contribution in [2.24, 2.45) is 0 Å². The number of anilines is 1. The largest absolute Gasteiger partial charge is 0.466 e. The third-order valence-electron chi connectivity index (χ3n) is 3.73. The van der Waals surface area contributed by atoms with Gasteiger partial charge in [-0.1, -0.05) is 28.1 Å². The van der Waals surface area contributed by atoms with Gasteiger partial charge in [0.1, 0.15) is 11.5 Å². The number of halogens is 1. The second-order valence-corrected chi connectivity index (χ2v) is 6.36. The molecular formula is C18H18BrNO. The Labute approximate surface area is 133 Å². The fourth-order valence-corrected chi connectivity index (χ4v) is 3.09. The van der Waals surface area contributed by atoms with E-state index in [0.29, 0.717) is 0 Å². The third-order valence-corrected chi connectivity index (χ3v) is 4.22. The molecule has 2 aromatic carbocycles. The zero-order chi connectivity index (χ0) is 15.0. The van der Waals surface area contributed by atoms with Crippen LogP contribution in [0.1, 0.15) is 30.0 Å². The van der Waals surface area contributed by atoms with E-state index in [1.807, 2.05) is 13.8 Å². The summed E-state index contributed by atoms with van der Waals surface area (Å²) in [6.45, 7) is 6.15. The van der Waals surface area contributed by atoms with Gasteiger partial charge in [0.25, 0.3) is 0 Å². The number of rotatable bonds is 3. The second-order valence-electron chi connectivity index (χ2n) is 5.44. The van der Waals surface area contributed by atoms with Crippen LogP contribution < -0.4 is 5.32 Å². The van der Waals surface area contributed by atoms with E-state index in [2.05, 4.69) is 70.6 Å². The molecule has 1 heterocycles. The predicted octanol–water partition coefficient (Wildman–Crippen LogP) is 5.99. The molecule has 21 heavy (non-hydrogen) atoms. The van der Waals surface area contributed by atoms with E-state index < -0.39 is 0 Å². The fraction of sp³-hybridized carbons (Fsp3) is 0.222. The van der Waals surface area contributed by atoms with Gasteiger partial charge in [-0.15, -0.1) is 0 Å². The molecule has 1 N–H and O–H groups in total. The lowest BCUT2D eigenvalue weighted by Gasteiger charge is -2.15. The van der Waals surface area contributed by atoms with Crippen LogP contribution in [0.25, 0.3) is 10.8 Å². The van der Waals surface area contributed by atoms with E-state index in [1.54, 1.807) is 0 Å². The molecule has 0 bridgehead atoms. The minimum atomic E-state index is 0.218. The van der Waals surface area contributed by atoms with E-state index in [1.165, 1.54) is 16.3 Å². The van der Waals surface area contributed by atoms with Crippen molar-refractivity contribution in [3.8, 4) is 0 Å². The van der Waals surface area contributed by atoms with Gasteiger partial charge >= 0.3 is 0 Å². The van der Waals surface area contributed by atoms with E-state index >= 15 is 0 Å². The Morgan fingerprint density at radius 2 is 1.71 bits per heavy atom. The molecule has 0 aliphatic carbocycles. The second kappa shape index (κ2) is 5.57. The molecule has 1 aromatic heterocycles. The molecule has 1 atom stereocenters. The average Bonchev–Trinajstić information content (AvgIpc) is 2.78. The molecule has 0 saturated heterocycles. The van der Waals surface area contributed by atoms with Gasteiger partial charge in [0, 0.05) is 15.7 Å². The molecule has 0 aliphatic rings. The summed E-state index contributed by atoms with van der Waals surface area (Å²) in [5, 5.41) is 6.01. The van der Waals surface area contributed by atoms with Crippen LogP contribution in [0.5, 0.6) is 0 Å². The smallest absolute Gasteiger partial charge is 0.106 e. The Hall–Kier alpha value is -1.74. The van der Waals surface area contributed by atoms with Crippen molar-refractivity contribution in [1.29, 1.82) is 0 Å². The van der Waals surface area contributed by atoms with Gasteiger partial charge < -0.3 is 9.73 Å². The number of hydrogen-bond acceptors (Lipinski definition) is 2. The Bertz CT molecular complexity index is 791. The van der Waals surface area contributed by atoms with Crippen LogP contribution >= 0.6 is 15.9 Å². The van der Waals surface area contributed by atoms with Crippen molar-refractivity contribution in [3.63, 3.8) is 0 Å². The highest BCUT2D eigenvalue weighted by Crippen LogP contribution is 2.27. The van der Waals surface area contributed by atoms with Crippen LogP contribution in [-0.4, -0.2) is 0 Å². The lowest BCUT2D eigenvalue weighted by molar-refractivity contribution is 0.500. The van der Waals surface area contributed by atoms with Crippen molar-refractivity contribution < 1.29 is 4.42 Å². The molecule has 0 saturated carbocycles. The first kappa shape index (κ1) is 14.2. The number of fused-ring (bicyclic) bond motifs is 1. The Morgan fingerprint density at radius 1 is 1.00 bits per heavy atom. The zero-order valence-electron chi connectivity index (χ0n) is 12.4. The summed E-state index contributed by atoms with van der Waals surface area (Å²) in [6.07, 6.45) is 0. The van der Waals surface area contributed by atoms with E-state index in [0.717, 1.165) is 21.7 Å². The van der Waals surface area contributed by atoms with Crippen LogP contribution in [0.15, 0.2) is 51.4 Å². The number of benzene rings is 2. The average molecular weight is 344 g/mol. The van der Waals surface area contributed by atoms with Gasteiger partial charge in [0.05, 0.1) is 6.04 Å². The maximum absolute atomic E-state index is 5.61. The zero-order valence-corrected chi connectivity index (χ0v) is 14.0. The first-order valence-corrected chi connectivity index (χ1v) is 7.85. The summed E-state index contributed by atoms with van der Waals surface area (Å²) in [5.74, 6) is 1.94. The number of aryl methyl sites for hydroxylation is 2. The number of nitrogens with one attached hydrogen (secondary N) is 1. The Balaban J connectivity index is 1.87. The van der Waals surface area contributed by atoms with Crippen molar-refractivity contribution in [3.05, 3.63) is 64.0 Å². The minimum absolute atomic E-state index is 0.218. The molecule has 0 fully saturated rings. The third kappa shape index (κ3) is 2.98.